The number of ether oxygens (including phenoxy) is 1. The van der Waals surface area contributed by atoms with Gasteiger partial charge in [-0.15, -0.1) is 11.3 Å². The number of halogens is 1. The lowest BCUT2D eigenvalue weighted by molar-refractivity contribution is -0.154. The lowest BCUT2D eigenvalue weighted by Gasteiger charge is -2.20. The molecule has 2 unspecified atom stereocenters. The third kappa shape index (κ3) is 3.55. The molecule has 0 aromatic carbocycles. The van der Waals surface area contributed by atoms with Crippen molar-refractivity contribution in [1.29, 1.82) is 0 Å². The molecular formula is C12H14BrNO4S. The van der Waals surface area contributed by atoms with Gasteiger partial charge in [-0.1, -0.05) is 0 Å². The van der Waals surface area contributed by atoms with Crippen LogP contribution in [-0.2, 0) is 20.9 Å². The lowest BCUT2D eigenvalue weighted by atomic mass is 10.2. The van der Waals surface area contributed by atoms with Gasteiger partial charge in [0.2, 0.25) is 0 Å². The van der Waals surface area contributed by atoms with E-state index < -0.39 is 18.2 Å². The quantitative estimate of drug-likeness (QED) is 0.905. The standard InChI is InChI=1S/C12H14BrNO4S/c1-14(5-7-4-10(13)19-6-7)11(15)8-2-3-9(18-8)12(16)17/h4,6,8-9H,2-3,5H2,1H3,(H,16,17). The van der Waals surface area contributed by atoms with E-state index in [-0.39, 0.29) is 5.91 Å². The zero-order chi connectivity index (χ0) is 14.0. The zero-order valence-electron chi connectivity index (χ0n) is 10.3. The van der Waals surface area contributed by atoms with Crippen molar-refractivity contribution in [3.05, 3.63) is 20.8 Å². The summed E-state index contributed by atoms with van der Waals surface area (Å²) in [5.74, 6) is -1.16. The number of nitrogens with zero attached hydrogens (tertiary/aromatic N) is 1. The van der Waals surface area contributed by atoms with Crippen LogP contribution in [0, 0.1) is 0 Å². The van der Waals surface area contributed by atoms with Crippen molar-refractivity contribution < 1.29 is 19.4 Å². The van der Waals surface area contributed by atoms with Crippen molar-refractivity contribution in [1.82, 2.24) is 4.90 Å². The van der Waals surface area contributed by atoms with E-state index in [1.54, 1.807) is 23.3 Å². The fourth-order valence-electron chi connectivity index (χ4n) is 2.03. The highest BCUT2D eigenvalue weighted by Crippen LogP contribution is 2.24. The summed E-state index contributed by atoms with van der Waals surface area (Å²) in [5, 5.41) is 10.8. The van der Waals surface area contributed by atoms with Crippen LogP contribution in [0.15, 0.2) is 15.2 Å². The van der Waals surface area contributed by atoms with E-state index in [1.807, 2.05) is 11.4 Å². The maximum Gasteiger partial charge on any atom is 0.332 e. The van der Waals surface area contributed by atoms with Crippen molar-refractivity contribution in [2.24, 2.45) is 0 Å². The SMILES string of the molecule is CN(Cc1csc(Br)c1)C(=O)C1CCC(C(=O)O)O1. The number of amides is 1. The number of carboxylic acids is 1. The van der Waals surface area contributed by atoms with Gasteiger partial charge in [0, 0.05) is 13.6 Å². The van der Waals surface area contributed by atoms with Crippen LogP contribution in [0.1, 0.15) is 18.4 Å². The van der Waals surface area contributed by atoms with Gasteiger partial charge in [-0.25, -0.2) is 4.79 Å². The first-order valence-electron chi connectivity index (χ1n) is 5.83. The van der Waals surface area contributed by atoms with E-state index in [4.69, 9.17) is 9.84 Å². The molecule has 7 heteroatoms. The molecule has 0 radical (unpaired) electrons. The second kappa shape index (κ2) is 6.02. The monoisotopic (exact) mass is 347 g/mol. The molecule has 0 saturated carbocycles. The second-order valence-electron chi connectivity index (χ2n) is 4.48. The number of hydrogen-bond donors (Lipinski definition) is 1. The van der Waals surface area contributed by atoms with Crippen LogP contribution in [0.2, 0.25) is 0 Å². The minimum Gasteiger partial charge on any atom is -0.479 e. The van der Waals surface area contributed by atoms with E-state index in [0.717, 1.165) is 9.35 Å². The first kappa shape index (κ1) is 14.5. The van der Waals surface area contributed by atoms with Gasteiger partial charge in [-0.2, -0.15) is 0 Å². The molecule has 1 aromatic heterocycles. The highest BCUT2D eigenvalue weighted by Gasteiger charge is 2.35. The fraction of sp³-hybridized carbons (Fsp3) is 0.500. The van der Waals surface area contributed by atoms with Gasteiger partial charge in [0.25, 0.3) is 5.91 Å². The number of hydrogen-bond acceptors (Lipinski definition) is 4. The molecule has 2 atom stereocenters. The third-order valence-corrected chi connectivity index (χ3v) is 4.54. The van der Waals surface area contributed by atoms with Crippen LogP contribution >= 0.6 is 27.3 Å². The Kier molecular flexibility index (Phi) is 4.59. The average molecular weight is 348 g/mol. The number of carbonyl (C=O) groups excluding carboxylic acids is 1. The first-order chi connectivity index (χ1) is 8.97. The van der Waals surface area contributed by atoms with Gasteiger partial charge in [0.15, 0.2) is 6.10 Å². The topological polar surface area (TPSA) is 66.8 Å². The van der Waals surface area contributed by atoms with Gasteiger partial charge in [-0.05, 0) is 45.8 Å². The van der Waals surface area contributed by atoms with Crippen molar-refractivity contribution >= 4 is 39.1 Å². The Morgan fingerprint density at radius 2 is 2.21 bits per heavy atom. The normalized spacial score (nSPS) is 22.4. The summed E-state index contributed by atoms with van der Waals surface area (Å²) in [6, 6.07) is 1.96. The van der Waals surface area contributed by atoms with Crippen LogP contribution in [-0.4, -0.2) is 41.1 Å². The Hall–Kier alpha value is -0.920. The molecule has 1 amide bonds. The predicted octanol–water partition coefficient (Wildman–Crippen LogP) is 2.10. The molecule has 0 aliphatic carbocycles. The van der Waals surface area contributed by atoms with Gasteiger partial charge in [-0.3, -0.25) is 4.79 Å². The second-order valence-corrected chi connectivity index (χ2v) is 6.77. The van der Waals surface area contributed by atoms with Gasteiger partial charge >= 0.3 is 5.97 Å². The molecule has 5 nitrogen and oxygen atoms in total. The number of carbonyl (C=O) groups is 2. The Morgan fingerprint density at radius 1 is 1.53 bits per heavy atom. The van der Waals surface area contributed by atoms with Crippen LogP contribution in [0.25, 0.3) is 0 Å². The van der Waals surface area contributed by atoms with Gasteiger partial charge in [0.1, 0.15) is 6.10 Å². The minimum absolute atomic E-state index is 0.161. The molecule has 1 aliphatic rings. The molecule has 1 aromatic rings. The van der Waals surface area contributed by atoms with Gasteiger partial charge in [0.05, 0.1) is 3.79 Å². The molecule has 1 N–H and O–H groups in total. The molecule has 1 saturated heterocycles. The summed E-state index contributed by atoms with van der Waals surface area (Å²) in [4.78, 5) is 24.5. The summed E-state index contributed by atoms with van der Waals surface area (Å²) in [6.07, 6.45) is -0.623. The van der Waals surface area contributed by atoms with E-state index in [0.29, 0.717) is 19.4 Å². The Bertz CT molecular complexity index is 490. The van der Waals surface area contributed by atoms with Gasteiger partial charge < -0.3 is 14.7 Å². The third-order valence-electron chi connectivity index (χ3n) is 2.99. The number of rotatable bonds is 4. The van der Waals surface area contributed by atoms with E-state index in [1.165, 1.54) is 0 Å². The number of carboxylic acid groups (broad SMARTS) is 1. The van der Waals surface area contributed by atoms with E-state index in [9.17, 15) is 9.59 Å². The summed E-state index contributed by atoms with van der Waals surface area (Å²) in [5.41, 5.74) is 1.04. The number of aliphatic carboxylic acids is 1. The molecule has 1 fully saturated rings. The van der Waals surface area contributed by atoms with Crippen molar-refractivity contribution in [2.75, 3.05) is 7.05 Å². The highest BCUT2D eigenvalue weighted by molar-refractivity contribution is 9.11. The molecule has 0 bridgehead atoms. The summed E-state index contributed by atoms with van der Waals surface area (Å²) in [6.45, 7) is 0.499. The summed E-state index contributed by atoms with van der Waals surface area (Å²) >= 11 is 4.94. The van der Waals surface area contributed by atoms with Crippen molar-refractivity contribution in [2.45, 2.75) is 31.6 Å². The Labute approximate surface area is 123 Å². The predicted molar refractivity (Wildman–Crippen MR) is 74.0 cm³/mol. The van der Waals surface area contributed by atoms with E-state index in [2.05, 4.69) is 15.9 Å². The highest BCUT2D eigenvalue weighted by atomic mass is 79.9. The molecule has 2 rings (SSSR count). The summed E-state index contributed by atoms with van der Waals surface area (Å²) < 4.78 is 6.27. The smallest absolute Gasteiger partial charge is 0.332 e. The number of likely N-dealkylation sites (N-methyl/N-ethyl adjacent to an activating group) is 1. The maximum atomic E-state index is 12.1. The first-order valence-corrected chi connectivity index (χ1v) is 7.51. The van der Waals surface area contributed by atoms with Crippen LogP contribution in [0.5, 0.6) is 0 Å². The Morgan fingerprint density at radius 3 is 2.74 bits per heavy atom. The maximum absolute atomic E-state index is 12.1. The molecule has 0 spiro atoms. The average Bonchev–Trinajstić information content (AvgIpc) is 2.97. The zero-order valence-corrected chi connectivity index (χ0v) is 12.7. The van der Waals surface area contributed by atoms with Crippen LogP contribution < -0.4 is 0 Å². The van der Waals surface area contributed by atoms with Crippen molar-refractivity contribution in [3.8, 4) is 0 Å². The van der Waals surface area contributed by atoms with Crippen LogP contribution in [0.3, 0.4) is 0 Å². The molecule has 1 aliphatic heterocycles. The Balaban J connectivity index is 1.91. The fourth-order valence-corrected chi connectivity index (χ4v) is 3.23. The van der Waals surface area contributed by atoms with Crippen LogP contribution in [0.4, 0.5) is 0 Å². The molecule has 19 heavy (non-hydrogen) atoms. The molecule has 2 heterocycles. The lowest BCUT2D eigenvalue weighted by Crippen LogP contribution is -2.36. The van der Waals surface area contributed by atoms with E-state index >= 15 is 0 Å². The van der Waals surface area contributed by atoms with Crippen molar-refractivity contribution in [3.63, 3.8) is 0 Å². The number of thiophene rings is 1. The largest absolute Gasteiger partial charge is 0.479 e. The molecule has 104 valence electrons. The summed E-state index contributed by atoms with van der Waals surface area (Å²) in [7, 11) is 1.70. The molecular weight excluding hydrogens is 334 g/mol. The minimum atomic E-state index is -1.00.